The van der Waals surface area contributed by atoms with Crippen LogP contribution in [0.3, 0.4) is 0 Å². The molecule has 2 rings (SSSR count). The van der Waals surface area contributed by atoms with Crippen molar-refractivity contribution in [3.63, 3.8) is 0 Å². The van der Waals surface area contributed by atoms with Crippen LogP contribution < -0.4 is 0 Å². The summed E-state index contributed by atoms with van der Waals surface area (Å²) in [5.74, 6) is 0.231. The van der Waals surface area contributed by atoms with Gasteiger partial charge in [-0.15, -0.1) is 0 Å². The van der Waals surface area contributed by atoms with Gasteiger partial charge >= 0.3 is 0 Å². The van der Waals surface area contributed by atoms with Crippen LogP contribution in [-0.4, -0.2) is 11.4 Å². The summed E-state index contributed by atoms with van der Waals surface area (Å²) in [5, 5.41) is 9.68. The Morgan fingerprint density at radius 1 is 1.06 bits per heavy atom. The van der Waals surface area contributed by atoms with Crippen LogP contribution in [0.4, 0.5) is 0 Å². The lowest BCUT2D eigenvalue weighted by Crippen LogP contribution is -1.90. The Morgan fingerprint density at radius 2 is 1.81 bits per heavy atom. The van der Waals surface area contributed by atoms with Crippen molar-refractivity contribution in [1.29, 1.82) is 0 Å². The molecule has 0 aliphatic rings. The number of phenolic OH excluding ortho intramolecular Hbond substituents is 1. The molecule has 0 fully saturated rings. The first-order chi connectivity index (χ1) is 7.79. The van der Waals surface area contributed by atoms with Crippen molar-refractivity contribution in [2.45, 2.75) is 6.42 Å². The first-order valence-corrected chi connectivity index (χ1v) is 5.10. The van der Waals surface area contributed by atoms with Gasteiger partial charge in [0, 0.05) is 12.0 Å². The standard InChI is InChI=1S/C14H12O2/c15-10-12-6-7-14(16)13(9-12)8-11-4-2-1-3-5-11/h1-7,9-10,16H,8H2. The van der Waals surface area contributed by atoms with Crippen molar-refractivity contribution in [2.75, 3.05) is 0 Å². The third-order valence-corrected chi connectivity index (χ3v) is 2.48. The zero-order valence-corrected chi connectivity index (χ0v) is 8.76. The number of hydrogen-bond acceptors (Lipinski definition) is 2. The fourth-order valence-corrected chi connectivity index (χ4v) is 1.64. The number of hydrogen-bond donors (Lipinski definition) is 1. The number of rotatable bonds is 3. The van der Waals surface area contributed by atoms with E-state index in [9.17, 15) is 9.90 Å². The molecule has 80 valence electrons. The van der Waals surface area contributed by atoms with E-state index in [0.717, 1.165) is 17.4 Å². The zero-order valence-electron chi connectivity index (χ0n) is 8.76. The van der Waals surface area contributed by atoms with E-state index < -0.39 is 0 Å². The van der Waals surface area contributed by atoms with E-state index in [1.54, 1.807) is 18.2 Å². The minimum Gasteiger partial charge on any atom is -0.508 e. The highest BCUT2D eigenvalue weighted by atomic mass is 16.3. The molecular formula is C14H12O2. The fraction of sp³-hybridized carbons (Fsp3) is 0.0714. The largest absolute Gasteiger partial charge is 0.508 e. The first-order valence-electron chi connectivity index (χ1n) is 5.10. The Morgan fingerprint density at radius 3 is 2.50 bits per heavy atom. The molecule has 1 N–H and O–H groups in total. The highest BCUT2D eigenvalue weighted by molar-refractivity contribution is 5.75. The van der Waals surface area contributed by atoms with Gasteiger partial charge in [0.05, 0.1) is 0 Å². The first kappa shape index (κ1) is 10.4. The number of carbonyl (C=O) groups is 1. The number of aromatic hydroxyl groups is 1. The van der Waals surface area contributed by atoms with Gasteiger partial charge in [0.2, 0.25) is 0 Å². The lowest BCUT2D eigenvalue weighted by atomic mass is 10.0. The van der Waals surface area contributed by atoms with E-state index in [-0.39, 0.29) is 5.75 Å². The molecule has 2 heteroatoms. The summed E-state index contributed by atoms with van der Waals surface area (Å²) in [7, 11) is 0. The lowest BCUT2D eigenvalue weighted by molar-refractivity contribution is 0.112. The highest BCUT2D eigenvalue weighted by Gasteiger charge is 2.03. The molecule has 0 saturated heterocycles. The predicted octanol–water partition coefficient (Wildman–Crippen LogP) is 2.80. The smallest absolute Gasteiger partial charge is 0.150 e. The summed E-state index contributed by atoms with van der Waals surface area (Å²) >= 11 is 0. The van der Waals surface area contributed by atoms with Gasteiger partial charge in [0.15, 0.2) is 0 Å². The van der Waals surface area contributed by atoms with Crippen molar-refractivity contribution in [1.82, 2.24) is 0 Å². The van der Waals surface area contributed by atoms with Crippen LogP contribution in [0.15, 0.2) is 48.5 Å². The molecule has 2 aromatic carbocycles. The molecule has 0 aliphatic carbocycles. The molecule has 0 spiro atoms. The Hall–Kier alpha value is -2.09. The van der Waals surface area contributed by atoms with Crippen molar-refractivity contribution >= 4 is 6.29 Å². The van der Waals surface area contributed by atoms with Gasteiger partial charge in [-0.3, -0.25) is 4.79 Å². The zero-order chi connectivity index (χ0) is 11.4. The molecular weight excluding hydrogens is 200 g/mol. The van der Waals surface area contributed by atoms with Crippen LogP contribution in [0.25, 0.3) is 0 Å². The van der Waals surface area contributed by atoms with E-state index in [2.05, 4.69) is 0 Å². The Bertz CT molecular complexity index is 489. The maximum atomic E-state index is 10.6. The fourth-order valence-electron chi connectivity index (χ4n) is 1.64. The van der Waals surface area contributed by atoms with E-state index >= 15 is 0 Å². The summed E-state index contributed by atoms with van der Waals surface area (Å²) in [6.07, 6.45) is 1.42. The molecule has 0 radical (unpaired) electrons. The number of phenols is 1. The van der Waals surface area contributed by atoms with Crippen molar-refractivity contribution in [3.8, 4) is 5.75 Å². The van der Waals surface area contributed by atoms with Crippen LogP contribution in [0.1, 0.15) is 21.5 Å². The average Bonchev–Trinajstić information content (AvgIpc) is 2.33. The normalized spacial score (nSPS) is 10.0. The molecule has 2 nitrogen and oxygen atoms in total. The van der Waals surface area contributed by atoms with Gasteiger partial charge in [-0.25, -0.2) is 0 Å². The molecule has 0 aliphatic heterocycles. The van der Waals surface area contributed by atoms with Crippen LogP contribution in [0.5, 0.6) is 5.75 Å². The minimum atomic E-state index is 0.231. The Balaban J connectivity index is 2.30. The number of aldehydes is 1. The Labute approximate surface area is 94.2 Å². The van der Waals surface area contributed by atoms with Gasteiger partial charge in [0.25, 0.3) is 0 Å². The third-order valence-electron chi connectivity index (χ3n) is 2.48. The van der Waals surface area contributed by atoms with E-state index in [1.165, 1.54) is 0 Å². The summed E-state index contributed by atoms with van der Waals surface area (Å²) in [6, 6.07) is 14.7. The van der Waals surface area contributed by atoms with Gasteiger partial charge in [-0.2, -0.15) is 0 Å². The van der Waals surface area contributed by atoms with Gasteiger partial charge < -0.3 is 5.11 Å². The maximum absolute atomic E-state index is 10.6. The molecule has 0 atom stereocenters. The van der Waals surface area contributed by atoms with Gasteiger partial charge in [0.1, 0.15) is 12.0 Å². The van der Waals surface area contributed by atoms with Gasteiger partial charge in [-0.1, -0.05) is 30.3 Å². The van der Waals surface area contributed by atoms with E-state index in [1.807, 2.05) is 30.3 Å². The molecule has 0 aromatic heterocycles. The van der Waals surface area contributed by atoms with Crippen molar-refractivity contribution in [3.05, 3.63) is 65.2 Å². The summed E-state index contributed by atoms with van der Waals surface area (Å²) < 4.78 is 0. The number of benzene rings is 2. The molecule has 0 bridgehead atoms. The molecule has 0 unspecified atom stereocenters. The molecule has 16 heavy (non-hydrogen) atoms. The van der Waals surface area contributed by atoms with E-state index in [4.69, 9.17) is 0 Å². The second-order valence-corrected chi connectivity index (χ2v) is 3.67. The monoisotopic (exact) mass is 212 g/mol. The van der Waals surface area contributed by atoms with Gasteiger partial charge in [-0.05, 0) is 29.3 Å². The van der Waals surface area contributed by atoms with Crippen molar-refractivity contribution in [2.24, 2.45) is 0 Å². The summed E-state index contributed by atoms with van der Waals surface area (Å²) in [4.78, 5) is 10.6. The van der Waals surface area contributed by atoms with Crippen LogP contribution in [-0.2, 0) is 6.42 Å². The SMILES string of the molecule is O=Cc1ccc(O)c(Cc2ccccc2)c1. The summed E-state index contributed by atoms with van der Waals surface area (Å²) in [6.45, 7) is 0. The quantitative estimate of drug-likeness (QED) is 0.794. The van der Waals surface area contributed by atoms with Crippen LogP contribution >= 0.6 is 0 Å². The maximum Gasteiger partial charge on any atom is 0.150 e. The highest BCUT2D eigenvalue weighted by Crippen LogP contribution is 2.21. The predicted molar refractivity (Wildman–Crippen MR) is 62.7 cm³/mol. The third kappa shape index (κ3) is 2.28. The van der Waals surface area contributed by atoms with E-state index in [0.29, 0.717) is 12.0 Å². The molecule has 0 saturated carbocycles. The molecule has 2 aromatic rings. The Kier molecular flexibility index (Phi) is 3.01. The number of carbonyl (C=O) groups excluding carboxylic acids is 1. The minimum absolute atomic E-state index is 0.231. The second kappa shape index (κ2) is 4.62. The van der Waals surface area contributed by atoms with Crippen molar-refractivity contribution < 1.29 is 9.90 Å². The summed E-state index contributed by atoms with van der Waals surface area (Å²) in [5.41, 5.74) is 2.47. The molecule has 0 heterocycles. The van der Waals surface area contributed by atoms with Crippen LogP contribution in [0.2, 0.25) is 0 Å². The molecule has 0 amide bonds. The topological polar surface area (TPSA) is 37.3 Å². The van der Waals surface area contributed by atoms with Crippen LogP contribution in [0, 0.1) is 0 Å². The average molecular weight is 212 g/mol. The lowest BCUT2D eigenvalue weighted by Gasteiger charge is -2.05. The second-order valence-electron chi connectivity index (χ2n) is 3.67.